The van der Waals surface area contributed by atoms with Crippen molar-refractivity contribution in [1.29, 1.82) is 0 Å². The van der Waals surface area contributed by atoms with Crippen molar-refractivity contribution < 1.29 is 23.8 Å². The highest BCUT2D eigenvalue weighted by Crippen LogP contribution is 2.17. The third kappa shape index (κ3) is 4.72. The molecule has 0 fully saturated rings. The molecule has 1 atom stereocenters. The van der Waals surface area contributed by atoms with E-state index in [2.05, 4.69) is 10.2 Å². The highest BCUT2D eigenvalue weighted by molar-refractivity contribution is 7.99. The fourth-order valence-electron chi connectivity index (χ4n) is 0.951. The summed E-state index contributed by atoms with van der Waals surface area (Å²) in [4.78, 5) is 11.2. The molecule has 1 unspecified atom stereocenters. The van der Waals surface area contributed by atoms with Gasteiger partial charge in [0.05, 0.1) is 19.3 Å². The number of carbonyl (C=O) groups is 1. The minimum absolute atomic E-state index is 0.185. The normalized spacial score (nSPS) is 12.4. The van der Waals surface area contributed by atoms with Crippen LogP contribution < -0.4 is 0 Å². The van der Waals surface area contributed by atoms with Gasteiger partial charge in [-0.3, -0.25) is 0 Å². The van der Waals surface area contributed by atoms with Gasteiger partial charge in [-0.2, -0.15) is 0 Å². The second-order valence-electron chi connectivity index (χ2n) is 3.01. The number of carbonyl (C=O) groups excluding carboxylic acids is 1. The average molecular weight is 262 g/mol. The smallest absolute Gasteiger partial charge is 0.396 e. The maximum atomic E-state index is 11.2. The molecule has 0 saturated carbocycles. The standard InChI is InChI=1S/C9H14N2O5S/c1-3-15-8(13)7-10-11-9(16-7)17-5-6(12)4-14-2/h6,12H,3-5H2,1-2H3. The first-order valence-electron chi connectivity index (χ1n) is 4.97. The largest absolute Gasteiger partial charge is 0.459 e. The van der Waals surface area contributed by atoms with E-state index in [0.717, 1.165) is 11.8 Å². The van der Waals surface area contributed by atoms with Crippen LogP contribution in [0.5, 0.6) is 0 Å². The Labute approximate surface area is 102 Å². The Morgan fingerprint density at radius 1 is 1.59 bits per heavy atom. The van der Waals surface area contributed by atoms with Crippen molar-refractivity contribution in [2.75, 3.05) is 26.1 Å². The van der Waals surface area contributed by atoms with Crippen LogP contribution in [0.4, 0.5) is 0 Å². The van der Waals surface area contributed by atoms with Gasteiger partial charge < -0.3 is 19.0 Å². The van der Waals surface area contributed by atoms with Crippen molar-refractivity contribution in [3.8, 4) is 0 Å². The highest BCUT2D eigenvalue weighted by atomic mass is 32.2. The van der Waals surface area contributed by atoms with E-state index in [4.69, 9.17) is 13.9 Å². The first-order chi connectivity index (χ1) is 8.17. The van der Waals surface area contributed by atoms with Gasteiger partial charge in [-0.05, 0) is 6.92 Å². The molecule has 0 aliphatic carbocycles. The zero-order valence-electron chi connectivity index (χ0n) is 9.58. The van der Waals surface area contributed by atoms with Crippen LogP contribution in [0.3, 0.4) is 0 Å². The third-order valence-corrected chi connectivity index (χ3v) is 2.58. The number of hydrogen-bond acceptors (Lipinski definition) is 8. The Hall–Kier alpha value is -1.12. The number of aliphatic hydroxyl groups excluding tert-OH is 1. The SMILES string of the molecule is CCOC(=O)c1nnc(SCC(O)COC)o1. The predicted octanol–water partition coefficient (Wildman–Crippen LogP) is 0.346. The molecule has 0 aliphatic heterocycles. The number of hydrogen-bond donors (Lipinski definition) is 1. The van der Waals surface area contributed by atoms with E-state index >= 15 is 0 Å². The Balaban J connectivity index is 2.43. The quantitative estimate of drug-likeness (QED) is 0.555. The molecule has 1 N–H and O–H groups in total. The molecule has 1 heterocycles. The minimum atomic E-state index is -0.649. The van der Waals surface area contributed by atoms with Crippen LogP contribution >= 0.6 is 11.8 Å². The molecule has 0 aromatic carbocycles. The van der Waals surface area contributed by atoms with Gasteiger partial charge in [0.2, 0.25) is 0 Å². The molecule has 8 heteroatoms. The summed E-state index contributed by atoms with van der Waals surface area (Å²) in [6, 6.07) is 0. The van der Waals surface area contributed by atoms with Gasteiger partial charge >= 0.3 is 11.9 Å². The summed E-state index contributed by atoms with van der Waals surface area (Å²) < 4.78 is 14.5. The topological polar surface area (TPSA) is 94.7 Å². The fourth-order valence-corrected chi connectivity index (χ4v) is 1.62. The summed E-state index contributed by atoms with van der Waals surface area (Å²) in [7, 11) is 1.50. The van der Waals surface area contributed by atoms with Crippen LogP contribution in [0.25, 0.3) is 0 Å². The lowest BCUT2D eigenvalue weighted by Crippen LogP contribution is -2.16. The Bertz CT molecular complexity index is 357. The monoisotopic (exact) mass is 262 g/mol. The molecular formula is C9H14N2O5S. The number of esters is 1. The summed E-state index contributed by atoms with van der Waals surface area (Å²) in [6.45, 7) is 2.16. The van der Waals surface area contributed by atoms with Crippen molar-refractivity contribution in [1.82, 2.24) is 10.2 Å². The van der Waals surface area contributed by atoms with E-state index in [1.54, 1.807) is 6.92 Å². The number of methoxy groups -OCH3 is 1. The second-order valence-corrected chi connectivity index (χ2v) is 3.99. The predicted molar refractivity (Wildman–Crippen MR) is 58.9 cm³/mol. The lowest BCUT2D eigenvalue weighted by molar-refractivity contribution is 0.0475. The molecule has 0 aliphatic rings. The number of thioether (sulfide) groups is 1. The van der Waals surface area contributed by atoms with E-state index in [1.807, 2.05) is 0 Å². The number of nitrogens with zero attached hydrogens (tertiary/aromatic N) is 2. The second kappa shape index (κ2) is 7.25. The molecule has 1 rings (SSSR count). The maximum absolute atomic E-state index is 11.2. The Morgan fingerprint density at radius 2 is 2.35 bits per heavy atom. The average Bonchev–Trinajstić information content (AvgIpc) is 2.76. The number of ether oxygens (including phenoxy) is 2. The molecule has 1 aromatic heterocycles. The molecular weight excluding hydrogens is 248 g/mol. The number of aliphatic hydroxyl groups is 1. The van der Waals surface area contributed by atoms with E-state index < -0.39 is 12.1 Å². The van der Waals surface area contributed by atoms with Gasteiger partial charge in [-0.15, -0.1) is 5.10 Å². The first-order valence-corrected chi connectivity index (χ1v) is 5.96. The third-order valence-electron chi connectivity index (χ3n) is 1.61. The lowest BCUT2D eigenvalue weighted by atomic mass is 10.4. The van der Waals surface area contributed by atoms with Gasteiger partial charge in [0.1, 0.15) is 0 Å². The molecule has 1 aromatic rings. The van der Waals surface area contributed by atoms with Crippen molar-refractivity contribution in [2.45, 2.75) is 18.3 Å². The van der Waals surface area contributed by atoms with E-state index in [9.17, 15) is 9.90 Å². The molecule has 0 radical (unpaired) electrons. The molecule has 0 bridgehead atoms. The van der Waals surface area contributed by atoms with Crippen molar-refractivity contribution in [2.24, 2.45) is 0 Å². The summed E-state index contributed by atoms with van der Waals surface area (Å²) in [5, 5.41) is 16.8. The van der Waals surface area contributed by atoms with Crippen LogP contribution in [0.2, 0.25) is 0 Å². The van der Waals surface area contributed by atoms with Crippen LogP contribution in [0.15, 0.2) is 9.64 Å². The Morgan fingerprint density at radius 3 is 3.00 bits per heavy atom. The van der Waals surface area contributed by atoms with Crippen molar-refractivity contribution in [3.63, 3.8) is 0 Å². The molecule has 0 spiro atoms. The zero-order valence-corrected chi connectivity index (χ0v) is 10.4. The summed E-state index contributed by atoms with van der Waals surface area (Å²) in [5.41, 5.74) is 0. The molecule has 96 valence electrons. The van der Waals surface area contributed by atoms with Crippen LogP contribution in [0.1, 0.15) is 17.6 Å². The summed E-state index contributed by atoms with van der Waals surface area (Å²) in [5.74, 6) is -0.488. The summed E-state index contributed by atoms with van der Waals surface area (Å²) in [6.07, 6.45) is -0.622. The molecule has 0 amide bonds. The molecule has 17 heavy (non-hydrogen) atoms. The minimum Gasteiger partial charge on any atom is -0.459 e. The van der Waals surface area contributed by atoms with Gasteiger partial charge in [0.15, 0.2) is 0 Å². The molecule has 0 saturated heterocycles. The van der Waals surface area contributed by atoms with E-state index in [-0.39, 0.29) is 24.3 Å². The van der Waals surface area contributed by atoms with Crippen LogP contribution in [0, 0.1) is 0 Å². The van der Waals surface area contributed by atoms with Gasteiger partial charge in [-0.25, -0.2) is 4.79 Å². The summed E-state index contributed by atoms with van der Waals surface area (Å²) >= 11 is 1.15. The zero-order chi connectivity index (χ0) is 12.7. The van der Waals surface area contributed by atoms with Crippen molar-refractivity contribution in [3.05, 3.63) is 5.89 Å². The van der Waals surface area contributed by atoms with Gasteiger partial charge in [-0.1, -0.05) is 16.9 Å². The maximum Gasteiger partial charge on any atom is 0.396 e. The van der Waals surface area contributed by atoms with Gasteiger partial charge in [0, 0.05) is 12.9 Å². The van der Waals surface area contributed by atoms with Gasteiger partial charge in [0.25, 0.3) is 5.22 Å². The highest BCUT2D eigenvalue weighted by Gasteiger charge is 2.16. The van der Waals surface area contributed by atoms with E-state index in [1.165, 1.54) is 7.11 Å². The van der Waals surface area contributed by atoms with E-state index in [0.29, 0.717) is 5.75 Å². The Kier molecular flexibility index (Phi) is 5.95. The first kappa shape index (κ1) is 13.9. The number of aromatic nitrogens is 2. The lowest BCUT2D eigenvalue weighted by Gasteiger charge is -2.05. The van der Waals surface area contributed by atoms with Crippen LogP contribution in [-0.4, -0.2) is 53.5 Å². The molecule has 7 nitrogen and oxygen atoms in total. The number of rotatable bonds is 7. The van der Waals surface area contributed by atoms with Crippen molar-refractivity contribution >= 4 is 17.7 Å². The fraction of sp³-hybridized carbons (Fsp3) is 0.667. The van der Waals surface area contributed by atoms with Crippen LogP contribution in [-0.2, 0) is 9.47 Å².